The van der Waals surface area contributed by atoms with Crippen LogP contribution in [0, 0.1) is 0 Å². The molecule has 0 saturated carbocycles. The third-order valence-corrected chi connectivity index (χ3v) is 4.96. The Bertz CT molecular complexity index is 572. The first-order valence-corrected chi connectivity index (χ1v) is 8.37. The third-order valence-electron chi connectivity index (χ3n) is 2.95. The van der Waals surface area contributed by atoms with Crippen molar-refractivity contribution in [2.45, 2.75) is 27.3 Å². The van der Waals surface area contributed by atoms with Crippen molar-refractivity contribution >= 4 is 33.7 Å². The average molecular weight is 309 g/mol. The van der Waals surface area contributed by atoms with E-state index in [0.29, 0.717) is 6.54 Å². The topological polar surface area (TPSA) is 45.2 Å². The minimum atomic E-state index is -0.00238. The monoisotopic (exact) mass is 309 g/mol. The highest BCUT2D eigenvalue weighted by molar-refractivity contribution is 7.17. The van der Waals surface area contributed by atoms with Gasteiger partial charge in [0.1, 0.15) is 0 Å². The van der Waals surface area contributed by atoms with E-state index < -0.39 is 0 Å². The van der Waals surface area contributed by atoms with Crippen LogP contribution in [0.15, 0.2) is 17.5 Å². The summed E-state index contributed by atoms with van der Waals surface area (Å²) in [5, 5.41) is 5.98. The van der Waals surface area contributed by atoms with Crippen LogP contribution in [0.25, 0.3) is 10.6 Å². The number of amides is 1. The van der Waals surface area contributed by atoms with Crippen LogP contribution in [-0.2, 0) is 11.3 Å². The maximum absolute atomic E-state index is 10.9. The summed E-state index contributed by atoms with van der Waals surface area (Å²) in [6.45, 7) is 8.35. The van der Waals surface area contributed by atoms with E-state index in [4.69, 9.17) is 4.98 Å². The normalized spacial score (nSPS) is 10.6. The molecule has 0 bridgehead atoms. The number of thiophene rings is 1. The van der Waals surface area contributed by atoms with E-state index in [0.717, 1.165) is 33.7 Å². The Morgan fingerprint density at radius 1 is 1.35 bits per heavy atom. The zero-order chi connectivity index (χ0) is 14.5. The molecule has 6 heteroatoms. The number of anilines is 1. The van der Waals surface area contributed by atoms with Crippen molar-refractivity contribution in [2.75, 3.05) is 18.0 Å². The number of rotatable bonds is 6. The molecule has 0 unspecified atom stereocenters. The minimum absolute atomic E-state index is 0.00238. The van der Waals surface area contributed by atoms with Crippen molar-refractivity contribution in [3.05, 3.63) is 22.4 Å². The number of thiazole rings is 1. The van der Waals surface area contributed by atoms with E-state index in [9.17, 15) is 4.79 Å². The fraction of sp³-hybridized carbons (Fsp3) is 0.429. The smallest absolute Gasteiger partial charge is 0.217 e. The van der Waals surface area contributed by atoms with Gasteiger partial charge in [0, 0.05) is 30.3 Å². The van der Waals surface area contributed by atoms with Gasteiger partial charge in [-0.25, -0.2) is 4.98 Å². The highest BCUT2D eigenvalue weighted by Crippen LogP contribution is 2.32. The summed E-state index contributed by atoms with van der Waals surface area (Å²) in [5.74, 6) is -0.00238. The molecule has 2 aromatic heterocycles. The SMILES string of the molecule is CCN(CC)c1nc(-c2ccc(CNC(C)=O)s2)cs1. The van der Waals surface area contributed by atoms with Crippen molar-refractivity contribution < 1.29 is 4.79 Å². The summed E-state index contributed by atoms with van der Waals surface area (Å²) in [7, 11) is 0. The number of aromatic nitrogens is 1. The first-order valence-electron chi connectivity index (χ1n) is 6.68. The lowest BCUT2D eigenvalue weighted by atomic mass is 10.3. The van der Waals surface area contributed by atoms with Crippen molar-refractivity contribution in [3.63, 3.8) is 0 Å². The molecule has 1 amide bonds. The molecule has 0 aliphatic heterocycles. The Morgan fingerprint density at radius 3 is 2.75 bits per heavy atom. The van der Waals surface area contributed by atoms with Gasteiger partial charge >= 0.3 is 0 Å². The summed E-state index contributed by atoms with van der Waals surface area (Å²) >= 11 is 3.36. The van der Waals surface area contributed by atoms with E-state index in [1.165, 1.54) is 6.92 Å². The summed E-state index contributed by atoms with van der Waals surface area (Å²) < 4.78 is 0. The molecule has 0 fully saturated rings. The molecule has 4 nitrogen and oxygen atoms in total. The van der Waals surface area contributed by atoms with Gasteiger partial charge in [0.2, 0.25) is 5.91 Å². The molecule has 0 aliphatic carbocycles. The van der Waals surface area contributed by atoms with Crippen LogP contribution in [0.2, 0.25) is 0 Å². The fourth-order valence-corrected chi connectivity index (χ4v) is 3.78. The Hall–Kier alpha value is -1.40. The maximum Gasteiger partial charge on any atom is 0.217 e. The first-order chi connectivity index (χ1) is 9.63. The highest BCUT2D eigenvalue weighted by atomic mass is 32.1. The maximum atomic E-state index is 10.9. The second-order valence-corrected chi connectivity index (χ2v) is 6.37. The van der Waals surface area contributed by atoms with Gasteiger partial charge in [-0.1, -0.05) is 0 Å². The van der Waals surface area contributed by atoms with Crippen LogP contribution >= 0.6 is 22.7 Å². The molecular weight excluding hydrogens is 290 g/mol. The number of hydrogen-bond acceptors (Lipinski definition) is 5. The Morgan fingerprint density at radius 2 is 2.10 bits per heavy atom. The van der Waals surface area contributed by atoms with E-state index in [2.05, 4.69) is 35.5 Å². The van der Waals surface area contributed by atoms with E-state index >= 15 is 0 Å². The largest absolute Gasteiger partial charge is 0.351 e. The van der Waals surface area contributed by atoms with Crippen LogP contribution in [0.5, 0.6) is 0 Å². The van der Waals surface area contributed by atoms with Gasteiger partial charge in [0.05, 0.1) is 17.1 Å². The zero-order valence-electron chi connectivity index (χ0n) is 12.0. The average Bonchev–Trinajstić information content (AvgIpc) is 3.06. The fourth-order valence-electron chi connectivity index (χ4n) is 1.84. The lowest BCUT2D eigenvalue weighted by Crippen LogP contribution is -2.21. The van der Waals surface area contributed by atoms with Crippen LogP contribution in [0.4, 0.5) is 5.13 Å². The van der Waals surface area contributed by atoms with Gasteiger partial charge in [0.15, 0.2) is 5.13 Å². The standard InChI is InChI=1S/C14H19N3OS2/c1-4-17(5-2)14-16-12(9-19-14)13-7-6-11(20-13)8-15-10(3)18/h6-7,9H,4-5,8H2,1-3H3,(H,15,18). The number of nitrogens with zero attached hydrogens (tertiary/aromatic N) is 2. The Kier molecular flexibility index (Phi) is 5.14. The van der Waals surface area contributed by atoms with Crippen LogP contribution in [0.3, 0.4) is 0 Å². The Labute approximate surface area is 127 Å². The predicted octanol–water partition coefficient (Wildman–Crippen LogP) is 3.35. The minimum Gasteiger partial charge on any atom is -0.351 e. The molecule has 2 aromatic rings. The molecule has 0 radical (unpaired) electrons. The summed E-state index contributed by atoms with van der Waals surface area (Å²) in [5.41, 5.74) is 1.02. The van der Waals surface area contributed by atoms with Crippen molar-refractivity contribution in [3.8, 4) is 10.6 Å². The van der Waals surface area contributed by atoms with Crippen LogP contribution < -0.4 is 10.2 Å². The molecule has 0 atom stereocenters. The van der Waals surface area contributed by atoms with Gasteiger partial charge in [-0.3, -0.25) is 4.79 Å². The van der Waals surface area contributed by atoms with Crippen molar-refractivity contribution in [1.82, 2.24) is 10.3 Å². The molecule has 0 aliphatic rings. The quantitative estimate of drug-likeness (QED) is 0.890. The summed E-state index contributed by atoms with van der Waals surface area (Å²) in [6, 6.07) is 4.12. The van der Waals surface area contributed by atoms with Gasteiger partial charge in [-0.2, -0.15) is 0 Å². The molecule has 2 heterocycles. The molecule has 0 aromatic carbocycles. The van der Waals surface area contributed by atoms with Gasteiger partial charge in [0.25, 0.3) is 0 Å². The number of carbonyl (C=O) groups is 1. The number of nitrogens with one attached hydrogen (secondary N) is 1. The number of hydrogen-bond donors (Lipinski definition) is 1. The van der Waals surface area contributed by atoms with Crippen LogP contribution in [0.1, 0.15) is 25.6 Å². The first kappa shape index (κ1) is 15.0. The number of carbonyl (C=O) groups excluding carboxylic acids is 1. The second kappa shape index (κ2) is 6.85. The molecular formula is C14H19N3OS2. The lowest BCUT2D eigenvalue weighted by Gasteiger charge is -2.16. The van der Waals surface area contributed by atoms with Crippen LogP contribution in [-0.4, -0.2) is 24.0 Å². The second-order valence-electron chi connectivity index (χ2n) is 4.36. The van der Waals surface area contributed by atoms with Gasteiger partial charge in [-0.15, -0.1) is 22.7 Å². The molecule has 1 N–H and O–H groups in total. The zero-order valence-corrected chi connectivity index (χ0v) is 13.6. The summed E-state index contributed by atoms with van der Waals surface area (Å²) in [6.07, 6.45) is 0. The molecule has 20 heavy (non-hydrogen) atoms. The Balaban J connectivity index is 2.10. The highest BCUT2D eigenvalue weighted by Gasteiger charge is 2.11. The molecule has 108 valence electrons. The molecule has 0 spiro atoms. The summed E-state index contributed by atoms with van der Waals surface area (Å²) in [4.78, 5) is 20.2. The van der Waals surface area contributed by atoms with Crippen molar-refractivity contribution in [2.24, 2.45) is 0 Å². The van der Waals surface area contributed by atoms with E-state index in [-0.39, 0.29) is 5.91 Å². The molecule has 0 saturated heterocycles. The molecule has 2 rings (SSSR count). The van der Waals surface area contributed by atoms with E-state index in [1.54, 1.807) is 22.7 Å². The predicted molar refractivity (Wildman–Crippen MR) is 86.5 cm³/mol. The van der Waals surface area contributed by atoms with Gasteiger partial charge in [-0.05, 0) is 26.0 Å². The lowest BCUT2D eigenvalue weighted by molar-refractivity contribution is -0.119. The third kappa shape index (κ3) is 3.58. The van der Waals surface area contributed by atoms with E-state index in [1.807, 2.05) is 6.07 Å². The van der Waals surface area contributed by atoms with Gasteiger partial charge < -0.3 is 10.2 Å². The van der Waals surface area contributed by atoms with Crippen molar-refractivity contribution in [1.29, 1.82) is 0 Å².